The molecule has 0 aliphatic rings. The minimum absolute atomic E-state index is 0.264. The minimum Gasteiger partial charge on any atom is -0.450 e. The van der Waals surface area contributed by atoms with E-state index < -0.39 is 22.4 Å². The van der Waals surface area contributed by atoms with Crippen LogP contribution in [-0.4, -0.2) is 4.92 Å². The highest BCUT2D eigenvalue weighted by Gasteiger charge is 2.33. The minimum atomic E-state index is -4.68. The maximum absolute atomic E-state index is 12.8. The fraction of sp³-hybridized carbons (Fsp3) is 0.143. The highest BCUT2D eigenvalue weighted by Crippen LogP contribution is 2.37. The summed E-state index contributed by atoms with van der Waals surface area (Å²) in [5.74, 6) is -0.00633. The summed E-state index contributed by atoms with van der Waals surface area (Å²) in [5, 5.41) is 15.0. The standard InChI is InChI=1S/C21H16ClF3N2O3/c1-13-2-6-16(11-18(13)22)26-12-14-3-7-17(8-4-14)30-20-9-5-15(21(23,24)25)10-19(20)27(28)29/h2-11,26H,12H2,1H3. The Morgan fingerprint density at radius 1 is 1.07 bits per heavy atom. The van der Waals surface area contributed by atoms with Gasteiger partial charge in [-0.1, -0.05) is 29.8 Å². The van der Waals surface area contributed by atoms with Crippen LogP contribution in [0.4, 0.5) is 24.5 Å². The third-order valence-electron chi connectivity index (χ3n) is 4.30. The Morgan fingerprint density at radius 2 is 1.77 bits per heavy atom. The van der Waals surface area contributed by atoms with Crippen molar-refractivity contribution in [1.29, 1.82) is 0 Å². The van der Waals surface area contributed by atoms with E-state index in [9.17, 15) is 23.3 Å². The molecule has 5 nitrogen and oxygen atoms in total. The molecule has 0 saturated carbocycles. The molecule has 0 saturated heterocycles. The predicted octanol–water partition coefficient (Wildman–Crippen LogP) is 6.98. The summed E-state index contributed by atoms with van der Waals surface area (Å²) in [6.45, 7) is 2.41. The van der Waals surface area contributed by atoms with Crippen molar-refractivity contribution in [2.45, 2.75) is 19.6 Å². The Labute approximate surface area is 175 Å². The smallest absolute Gasteiger partial charge is 0.416 e. The highest BCUT2D eigenvalue weighted by atomic mass is 35.5. The van der Waals surface area contributed by atoms with Crippen molar-refractivity contribution in [1.82, 2.24) is 0 Å². The van der Waals surface area contributed by atoms with Gasteiger partial charge in [-0.2, -0.15) is 13.2 Å². The fourth-order valence-electron chi connectivity index (χ4n) is 2.63. The molecule has 156 valence electrons. The number of hydrogen-bond acceptors (Lipinski definition) is 4. The molecule has 0 heterocycles. The van der Waals surface area contributed by atoms with Crippen molar-refractivity contribution in [3.8, 4) is 11.5 Å². The molecular weight excluding hydrogens is 421 g/mol. The first kappa shape index (κ1) is 21.4. The quantitative estimate of drug-likeness (QED) is 0.334. The molecule has 3 aromatic carbocycles. The van der Waals surface area contributed by atoms with E-state index in [-0.39, 0.29) is 11.5 Å². The number of nitrogens with one attached hydrogen (secondary N) is 1. The van der Waals surface area contributed by atoms with E-state index in [1.54, 1.807) is 24.3 Å². The number of ether oxygens (including phenoxy) is 1. The normalized spacial score (nSPS) is 11.2. The van der Waals surface area contributed by atoms with Crippen molar-refractivity contribution in [3.63, 3.8) is 0 Å². The lowest BCUT2D eigenvalue weighted by atomic mass is 10.1. The SMILES string of the molecule is Cc1ccc(NCc2ccc(Oc3ccc(C(F)(F)F)cc3[N+](=O)[O-])cc2)cc1Cl. The summed E-state index contributed by atoms with van der Waals surface area (Å²) in [7, 11) is 0. The number of nitro benzene ring substituents is 1. The van der Waals surface area contributed by atoms with E-state index in [0.29, 0.717) is 17.6 Å². The number of hydrogen-bond donors (Lipinski definition) is 1. The second-order valence-corrected chi connectivity index (χ2v) is 6.91. The molecule has 0 bridgehead atoms. The third kappa shape index (κ3) is 5.21. The summed E-state index contributed by atoms with van der Waals surface area (Å²) in [5.41, 5.74) is 0.861. The summed E-state index contributed by atoms with van der Waals surface area (Å²) in [4.78, 5) is 10.2. The van der Waals surface area contributed by atoms with Crippen LogP contribution >= 0.6 is 11.6 Å². The van der Waals surface area contributed by atoms with Gasteiger partial charge in [0.1, 0.15) is 5.75 Å². The van der Waals surface area contributed by atoms with E-state index in [0.717, 1.165) is 28.9 Å². The summed E-state index contributed by atoms with van der Waals surface area (Å²) in [6, 6.07) is 14.4. The van der Waals surface area contributed by atoms with Gasteiger partial charge in [0, 0.05) is 23.3 Å². The van der Waals surface area contributed by atoms with Gasteiger partial charge in [0.05, 0.1) is 10.5 Å². The summed E-state index contributed by atoms with van der Waals surface area (Å²) in [6.07, 6.45) is -4.68. The van der Waals surface area contributed by atoms with E-state index in [1.807, 2.05) is 25.1 Å². The molecule has 0 fully saturated rings. The van der Waals surface area contributed by atoms with Gasteiger partial charge >= 0.3 is 11.9 Å². The first-order valence-corrected chi connectivity index (χ1v) is 9.14. The topological polar surface area (TPSA) is 64.4 Å². The van der Waals surface area contributed by atoms with E-state index in [1.165, 1.54) is 0 Å². The van der Waals surface area contributed by atoms with Crippen LogP contribution in [0.1, 0.15) is 16.7 Å². The number of nitro groups is 1. The average molecular weight is 437 g/mol. The van der Waals surface area contributed by atoms with Gasteiger partial charge < -0.3 is 10.1 Å². The van der Waals surface area contributed by atoms with Crippen LogP contribution in [0.2, 0.25) is 5.02 Å². The molecule has 0 aliphatic heterocycles. The molecule has 0 atom stereocenters. The fourth-order valence-corrected chi connectivity index (χ4v) is 2.81. The molecule has 0 spiro atoms. The largest absolute Gasteiger partial charge is 0.450 e. The third-order valence-corrected chi connectivity index (χ3v) is 4.71. The van der Waals surface area contributed by atoms with Crippen LogP contribution in [0.5, 0.6) is 11.5 Å². The zero-order chi connectivity index (χ0) is 21.9. The number of anilines is 1. The number of benzene rings is 3. The van der Waals surface area contributed by atoms with Crippen molar-refractivity contribution in [3.05, 3.63) is 92.5 Å². The zero-order valence-corrected chi connectivity index (χ0v) is 16.4. The van der Waals surface area contributed by atoms with Gasteiger partial charge in [-0.15, -0.1) is 0 Å². The van der Waals surface area contributed by atoms with Crippen LogP contribution in [-0.2, 0) is 12.7 Å². The number of halogens is 4. The molecular formula is C21H16ClF3N2O3. The lowest BCUT2D eigenvalue weighted by molar-refractivity contribution is -0.385. The lowest BCUT2D eigenvalue weighted by Gasteiger charge is -2.11. The molecule has 0 unspecified atom stereocenters. The Morgan fingerprint density at radius 3 is 2.37 bits per heavy atom. The summed E-state index contributed by atoms with van der Waals surface area (Å²) < 4.78 is 43.8. The van der Waals surface area contributed by atoms with Crippen LogP contribution in [0.15, 0.2) is 60.7 Å². The van der Waals surface area contributed by atoms with Crippen molar-refractivity contribution in [2.75, 3.05) is 5.32 Å². The van der Waals surface area contributed by atoms with E-state index >= 15 is 0 Å². The van der Waals surface area contributed by atoms with Crippen LogP contribution in [0, 0.1) is 17.0 Å². The van der Waals surface area contributed by atoms with Gasteiger partial charge in [0.2, 0.25) is 5.75 Å². The van der Waals surface area contributed by atoms with Gasteiger partial charge in [-0.25, -0.2) is 0 Å². The first-order valence-electron chi connectivity index (χ1n) is 8.76. The first-order chi connectivity index (χ1) is 14.1. The summed E-state index contributed by atoms with van der Waals surface area (Å²) >= 11 is 6.10. The zero-order valence-electron chi connectivity index (χ0n) is 15.7. The van der Waals surface area contributed by atoms with Gasteiger partial charge in [-0.3, -0.25) is 10.1 Å². The Balaban J connectivity index is 1.71. The van der Waals surface area contributed by atoms with E-state index in [4.69, 9.17) is 16.3 Å². The number of alkyl halides is 3. The maximum atomic E-state index is 12.8. The van der Waals surface area contributed by atoms with Crippen molar-refractivity contribution >= 4 is 23.0 Å². The Bertz CT molecular complexity index is 1070. The number of aryl methyl sites for hydroxylation is 1. The monoisotopic (exact) mass is 436 g/mol. The Hall–Kier alpha value is -3.26. The molecule has 3 aromatic rings. The molecule has 30 heavy (non-hydrogen) atoms. The van der Waals surface area contributed by atoms with E-state index in [2.05, 4.69) is 5.32 Å². The molecule has 0 aliphatic carbocycles. The molecule has 0 aromatic heterocycles. The van der Waals surface area contributed by atoms with Gasteiger partial charge in [0.25, 0.3) is 0 Å². The molecule has 9 heteroatoms. The van der Waals surface area contributed by atoms with Crippen LogP contribution < -0.4 is 10.1 Å². The molecule has 0 radical (unpaired) electrons. The molecule has 0 amide bonds. The molecule has 3 rings (SSSR count). The van der Waals surface area contributed by atoms with Gasteiger partial charge in [0.15, 0.2) is 0 Å². The predicted molar refractivity (Wildman–Crippen MR) is 108 cm³/mol. The maximum Gasteiger partial charge on any atom is 0.416 e. The number of nitrogens with zero attached hydrogens (tertiary/aromatic N) is 1. The van der Waals surface area contributed by atoms with Crippen LogP contribution in [0.3, 0.4) is 0 Å². The van der Waals surface area contributed by atoms with Crippen molar-refractivity contribution < 1.29 is 22.8 Å². The Kier molecular flexibility index (Phi) is 6.17. The average Bonchev–Trinajstić information content (AvgIpc) is 2.69. The van der Waals surface area contributed by atoms with Crippen molar-refractivity contribution in [2.24, 2.45) is 0 Å². The second kappa shape index (κ2) is 8.62. The lowest BCUT2D eigenvalue weighted by Crippen LogP contribution is -2.06. The van der Waals surface area contributed by atoms with Crippen LogP contribution in [0.25, 0.3) is 0 Å². The highest BCUT2D eigenvalue weighted by molar-refractivity contribution is 6.31. The second-order valence-electron chi connectivity index (χ2n) is 6.50. The molecule has 1 N–H and O–H groups in total. The van der Waals surface area contributed by atoms with Gasteiger partial charge in [-0.05, 0) is 54.4 Å². The number of rotatable bonds is 6.